The minimum Gasteiger partial charge on any atom is -0.390 e. The lowest BCUT2D eigenvalue weighted by molar-refractivity contribution is 0.273. The quantitative estimate of drug-likeness (QED) is 0.289. The number of aliphatic hydroxyl groups is 1. The maximum atomic E-state index is 10.2. The van der Waals surface area contributed by atoms with E-state index >= 15 is 0 Å². The van der Waals surface area contributed by atoms with Crippen LogP contribution in [0.25, 0.3) is 27.5 Å². The van der Waals surface area contributed by atoms with Crippen LogP contribution in [0.5, 0.6) is 0 Å². The van der Waals surface area contributed by atoms with Crippen molar-refractivity contribution in [3.63, 3.8) is 0 Å². The average molecular weight is 490 g/mol. The Hall–Kier alpha value is -1.83. The second-order valence-electron chi connectivity index (χ2n) is 7.27. The molecule has 0 aliphatic rings. The maximum absolute atomic E-state index is 10.2. The highest BCUT2D eigenvalue weighted by atomic mass is 35.5. The molecule has 31 heavy (non-hydrogen) atoms. The SMILES string of the molecule is Cc1nn(-c2nc(-c3ccc(Cl)c(Cl)c3)c(SC(C)C)s2)c(CO)c1-c1ccccc1. The average Bonchev–Trinajstić information content (AvgIpc) is 3.30. The van der Waals surface area contributed by atoms with Crippen LogP contribution in [0.15, 0.2) is 52.7 Å². The third-order valence-electron chi connectivity index (χ3n) is 4.67. The molecule has 0 bridgehead atoms. The van der Waals surface area contributed by atoms with Gasteiger partial charge in [0.15, 0.2) is 0 Å². The molecule has 2 aromatic carbocycles. The van der Waals surface area contributed by atoms with Crippen molar-refractivity contribution >= 4 is 46.3 Å². The summed E-state index contributed by atoms with van der Waals surface area (Å²) in [5.74, 6) is 0. The van der Waals surface area contributed by atoms with Crippen LogP contribution in [-0.4, -0.2) is 25.1 Å². The lowest BCUT2D eigenvalue weighted by Gasteiger charge is -2.05. The Labute approximate surface area is 199 Å². The van der Waals surface area contributed by atoms with Crippen LogP contribution >= 0.6 is 46.3 Å². The maximum Gasteiger partial charge on any atom is 0.212 e. The first-order valence-corrected chi connectivity index (χ1v) is 12.2. The smallest absolute Gasteiger partial charge is 0.212 e. The molecule has 0 fully saturated rings. The molecule has 2 aromatic heterocycles. The minimum atomic E-state index is -0.139. The summed E-state index contributed by atoms with van der Waals surface area (Å²) < 4.78 is 2.83. The van der Waals surface area contributed by atoms with Crippen molar-refractivity contribution in [2.45, 2.75) is 36.8 Å². The summed E-state index contributed by atoms with van der Waals surface area (Å²) in [5, 5.41) is 17.0. The van der Waals surface area contributed by atoms with Gasteiger partial charge >= 0.3 is 0 Å². The monoisotopic (exact) mass is 489 g/mol. The van der Waals surface area contributed by atoms with Gasteiger partial charge in [0.1, 0.15) is 0 Å². The molecule has 0 atom stereocenters. The standard InChI is InChI=1S/C23H21Cl2N3OS2/c1-13(2)30-22-21(16-9-10-17(24)18(25)11-16)26-23(31-22)28-19(12-29)20(14(3)27-28)15-7-5-4-6-8-15/h4-11,13,29H,12H2,1-3H3. The van der Waals surface area contributed by atoms with E-state index in [1.807, 2.05) is 49.4 Å². The Balaban J connectivity index is 1.87. The highest BCUT2D eigenvalue weighted by molar-refractivity contribution is 8.01. The second kappa shape index (κ2) is 9.35. The van der Waals surface area contributed by atoms with Gasteiger partial charge in [0, 0.05) is 16.4 Å². The van der Waals surface area contributed by atoms with Gasteiger partial charge in [0.2, 0.25) is 5.13 Å². The molecule has 1 N–H and O–H groups in total. The molecular weight excluding hydrogens is 469 g/mol. The van der Waals surface area contributed by atoms with Gasteiger partial charge in [-0.15, -0.1) is 11.8 Å². The van der Waals surface area contributed by atoms with Crippen LogP contribution in [-0.2, 0) is 6.61 Å². The zero-order valence-corrected chi connectivity index (χ0v) is 20.4. The second-order valence-corrected chi connectivity index (χ2v) is 10.9. The van der Waals surface area contributed by atoms with Crippen LogP contribution in [0.1, 0.15) is 25.2 Å². The van der Waals surface area contributed by atoms with Crippen molar-refractivity contribution in [2.24, 2.45) is 0 Å². The summed E-state index contributed by atoms with van der Waals surface area (Å²) >= 11 is 15.7. The van der Waals surface area contributed by atoms with Crippen LogP contribution in [0.3, 0.4) is 0 Å². The van der Waals surface area contributed by atoms with Crippen molar-refractivity contribution in [1.29, 1.82) is 0 Å². The summed E-state index contributed by atoms with van der Waals surface area (Å²) in [4.78, 5) is 4.92. The molecule has 0 radical (unpaired) electrons. The first kappa shape index (κ1) is 22.4. The summed E-state index contributed by atoms with van der Waals surface area (Å²) in [6, 6.07) is 15.5. The summed E-state index contributed by atoms with van der Waals surface area (Å²) in [6.07, 6.45) is 0. The van der Waals surface area contributed by atoms with E-state index in [9.17, 15) is 5.11 Å². The van der Waals surface area contributed by atoms with Gasteiger partial charge in [0.25, 0.3) is 0 Å². The van der Waals surface area contributed by atoms with Gasteiger partial charge in [-0.05, 0) is 24.6 Å². The Morgan fingerprint density at radius 3 is 2.45 bits per heavy atom. The number of thioether (sulfide) groups is 1. The number of hydrogen-bond donors (Lipinski definition) is 1. The van der Waals surface area contributed by atoms with Crippen LogP contribution in [0.4, 0.5) is 0 Å². The number of nitrogens with zero attached hydrogens (tertiary/aromatic N) is 3. The molecule has 8 heteroatoms. The largest absolute Gasteiger partial charge is 0.390 e. The molecule has 4 rings (SSSR count). The van der Waals surface area contributed by atoms with Gasteiger partial charge in [-0.25, -0.2) is 9.67 Å². The van der Waals surface area contributed by atoms with Crippen molar-refractivity contribution in [2.75, 3.05) is 0 Å². The molecule has 0 saturated heterocycles. The molecule has 2 heterocycles. The molecular formula is C23H21Cl2N3OS2. The van der Waals surface area contributed by atoms with E-state index in [1.165, 1.54) is 0 Å². The van der Waals surface area contributed by atoms with E-state index in [0.717, 1.165) is 38.0 Å². The fourth-order valence-electron chi connectivity index (χ4n) is 3.37. The van der Waals surface area contributed by atoms with Gasteiger partial charge in [-0.2, -0.15) is 5.10 Å². The normalized spacial score (nSPS) is 11.5. The molecule has 0 aliphatic carbocycles. The number of hydrogen-bond acceptors (Lipinski definition) is 5. The van der Waals surface area contributed by atoms with Crippen molar-refractivity contribution < 1.29 is 5.11 Å². The number of aliphatic hydroxyl groups excluding tert-OH is 1. The molecule has 4 aromatic rings. The number of thiazole rings is 1. The van der Waals surface area contributed by atoms with E-state index in [4.69, 9.17) is 33.3 Å². The molecule has 4 nitrogen and oxygen atoms in total. The number of benzene rings is 2. The van der Waals surface area contributed by atoms with Gasteiger partial charge in [0.05, 0.1) is 37.9 Å². The molecule has 0 saturated carbocycles. The third kappa shape index (κ3) is 4.54. The third-order valence-corrected chi connectivity index (χ3v) is 7.65. The summed E-state index contributed by atoms with van der Waals surface area (Å²) in [6.45, 7) is 6.11. The fraction of sp³-hybridized carbons (Fsp3) is 0.217. The summed E-state index contributed by atoms with van der Waals surface area (Å²) in [5.41, 5.74) is 5.27. The zero-order chi connectivity index (χ0) is 22.1. The molecule has 0 aliphatic heterocycles. The Kier molecular flexibility index (Phi) is 6.74. The molecule has 160 valence electrons. The van der Waals surface area contributed by atoms with E-state index in [1.54, 1.807) is 33.8 Å². The first-order chi connectivity index (χ1) is 14.9. The number of halogens is 2. The highest BCUT2D eigenvalue weighted by Gasteiger charge is 2.22. The Bertz CT molecular complexity index is 1220. The van der Waals surface area contributed by atoms with Gasteiger partial charge < -0.3 is 5.11 Å². The topological polar surface area (TPSA) is 50.9 Å². The fourth-order valence-corrected chi connectivity index (χ4v) is 6.16. The highest BCUT2D eigenvalue weighted by Crippen LogP contribution is 2.41. The molecule has 0 spiro atoms. The lowest BCUT2D eigenvalue weighted by Crippen LogP contribution is -2.02. The van der Waals surface area contributed by atoms with Crippen molar-refractivity contribution in [3.8, 4) is 27.5 Å². The predicted molar refractivity (Wildman–Crippen MR) is 132 cm³/mol. The Morgan fingerprint density at radius 1 is 1.06 bits per heavy atom. The van der Waals surface area contributed by atoms with Gasteiger partial charge in [-0.3, -0.25) is 0 Å². The predicted octanol–water partition coefficient (Wildman–Crippen LogP) is 7.27. The van der Waals surface area contributed by atoms with E-state index in [2.05, 4.69) is 13.8 Å². The Morgan fingerprint density at radius 2 is 1.81 bits per heavy atom. The van der Waals surface area contributed by atoms with Crippen molar-refractivity contribution in [3.05, 3.63) is 70.0 Å². The molecule has 0 unspecified atom stereocenters. The van der Waals surface area contributed by atoms with Gasteiger partial charge in [-0.1, -0.05) is 84.8 Å². The minimum absolute atomic E-state index is 0.139. The van der Waals surface area contributed by atoms with Crippen LogP contribution < -0.4 is 0 Å². The van der Waals surface area contributed by atoms with E-state index in [-0.39, 0.29) is 6.61 Å². The zero-order valence-electron chi connectivity index (χ0n) is 17.3. The van der Waals surface area contributed by atoms with Crippen LogP contribution in [0.2, 0.25) is 10.0 Å². The van der Waals surface area contributed by atoms with Crippen LogP contribution in [0, 0.1) is 6.92 Å². The number of rotatable bonds is 6. The van der Waals surface area contributed by atoms with E-state index in [0.29, 0.717) is 20.4 Å². The summed E-state index contributed by atoms with van der Waals surface area (Å²) in [7, 11) is 0. The van der Waals surface area contributed by atoms with Crippen molar-refractivity contribution in [1.82, 2.24) is 14.8 Å². The number of aromatic nitrogens is 3. The first-order valence-electron chi connectivity index (χ1n) is 9.77. The molecule has 0 amide bonds. The van der Waals surface area contributed by atoms with E-state index < -0.39 is 0 Å². The lowest BCUT2D eigenvalue weighted by atomic mass is 10.0. The number of aryl methyl sites for hydroxylation is 1.